The summed E-state index contributed by atoms with van der Waals surface area (Å²) >= 11 is 0. The molecule has 2 aliphatic rings. The molecule has 192 valence electrons. The van der Waals surface area contributed by atoms with Crippen LogP contribution in [0.3, 0.4) is 0 Å². The van der Waals surface area contributed by atoms with E-state index in [0.29, 0.717) is 39.1 Å². The van der Waals surface area contributed by atoms with Crippen LogP contribution in [0.5, 0.6) is 0 Å². The molecule has 0 bridgehead atoms. The summed E-state index contributed by atoms with van der Waals surface area (Å²) in [5, 5.41) is 0. The fraction of sp³-hybridized carbons (Fsp3) is 0.720. The van der Waals surface area contributed by atoms with Crippen LogP contribution in [0.15, 0.2) is 30.3 Å². The second kappa shape index (κ2) is 14.1. The number of carbonyl (C=O) groups is 1. The van der Waals surface area contributed by atoms with Crippen molar-refractivity contribution in [1.82, 2.24) is 0 Å². The number of hydrogen-bond donors (Lipinski definition) is 0. The molecule has 0 unspecified atom stereocenters. The first kappa shape index (κ1) is 27.0. The number of carbonyl (C=O) groups excluding carboxylic acids is 1. The highest BCUT2D eigenvalue weighted by atomic mass is 16.7. The summed E-state index contributed by atoms with van der Waals surface area (Å²) in [5.74, 6) is -0.309. The van der Waals surface area contributed by atoms with Gasteiger partial charge in [-0.05, 0) is 12.0 Å². The van der Waals surface area contributed by atoms with Crippen LogP contribution >= 0.6 is 0 Å². The maximum Gasteiger partial charge on any atom is 0.308 e. The first-order valence-electron chi connectivity index (χ1n) is 11.8. The molecule has 34 heavy (non-hydrogen) atoms. The Morgan fingerprint density at radius 1 is 0.971 bits per heavy atom. The second-order valence-electron chi connectivity index (χ2n) is 8.59. The van der Waals surface area contributed by atoms with Gasteiger partial charge in [0.1, 0.15) is 18.3 Å². The number of methoxy groups -OCH3 is 4. The highest BCUT2D eigenvalue weighted by Gasteiger charge is 2.44. The van der Waals surface area contributed by atoms with Gasteiger partial charge >= 0.3 is 5.97 Å². The molecule has 0 aliphatic carbocycles. The SMILES string of the molecule is COC(=O)C[C@H]1C[C@@H](O[C@@H]2OC[C@@H](OC)[C@H](OC)[C@H]2OC)C[C@@H](CCOCc2ccccc2)O1. The van der Waals surface area contributed by atoms with Gasteiger partial charge in [-0.25, -0.2) is 0 Å². The Labute approximate surface area is 201 Å². The van der Waals surface area contributed by atoms with Crippen LogP contribution in [0.1, 0.15) is 31.2 Å². The molecular weight excluding hydrogens is 444 g/mol. The van der Waals surface area contributed by atoms with Gasteiger partial charge in [0, 0.05) is 40.8 Å². The summed E-state index contributed by atoms with van der Waals surface area (Å²) < 4.78 is 45.9. The Bertz CT molecular complexity index is 716. The molecule has 9 heteroatoms. The molecule has 2 heterocycles. The Morgan fingerprint density at radius 2 is 1.71 bits per heavy atom. The molecule has 7 atom stereocenters. The molecule has 0 radical (unpaired) electrons. The average molecular weight is 483 g/mol. The van der Waals surface area contributed by atoms with E-state index in [2.05, 4.69) is 0 Å². The molecule has 0 N–H and O–H groups in total. The minimum atomic E-state index is -0.613. The molecular formula is C25H38O9. The van der Waals surface area contributed by atoms with Gasteiger partial charge in [0.15, 0.2) is 6.29 Å². The summed E-state index contributed by atoms with van der Waals surface area (Å²) in [6.45, 7) is 1.42. The van der Waals surface area contributed by atoms with Gasteiger partial charge in [-0.2, -0.15) is 0 Å². The molecule has 0 amide bonds. The third-order valence-corrected chi connectivity index (χ3v) is 6.31. The fourth-order valence-corrected chi connectivity index (χ4v) is 4.53. The van der Waals surface area contributed by atoms with E-state index in [-0.39, 0.29) is 42.9 Å². The monoisotopic (exact) mass is 482 g/mol. The first-order valence-corrected chi connectivity index (χ1v) is 11.8. The van der Waals surface area contributed by atoms with Crippen molar-refractivity contribution >= 4 is 5.97 Å². The number of benzene rings is 1. The van der Waals surface area contributed by atoms with Crippen molar-refractivity contribution in [2.45, 2.75) is 75.2 Å². The molecule has 0 spiro atoms. The number of hydrogen-bond acceptors (Lipinski definition) is 9. The van der Waals surface area contributed by atoms with Crippen LogP contribution < -0.4 is 0 Å². The summed E-state index contributed by atoms with van der Waals surface area (Å²) in [7, 11) is 6.22. The highest BCUT2D eigenvalue weighted by molar-refractivity contribution is 5.69. The molecule has 0 aromatic heterocycles. The van der Waals surface area contributed by atoms with Crippen molar-refractivity contribution < 1.29 is 42.7 Å². The number of esters is 1. The molecule has 1 aromatic rings. The molecule has 2 saturated heterocycles. The quantitative estimate of drug-likeness (QED) is 0.329. The van der Waals surface area contributed by atoms with Crippen molar-refractivity contribution in [1.29, 1.82) is 0 Å². The number of ether oxygens (including phenoxy) is 8. The molecule has 1 aromatic carbocycles. The third-order valence-electron chi connectivity index (χ3n) is 6.31. The van der Waals surface area contributed by atoms with E-state index >= 15 is 0 Å². The van der Waals surface area contributed by atoms with Crippen molar-refractivity contribution in [2.24, 2.45) is 0 Å². The Morgan fingerprint density at radius 3 is 2.38 bits per heavy atom. The van der Waals surface area contributed by atoms with E-state index in [1.54, 1.807) is 21.3 Å². The summed E-state index contributed by atoms with van der Waals surface area (Å²) in [6, 6.07) is 10.0. The standard InChI is InChI=1S/C25H38O9/c1-27-21-16-32-25(24(30-4)23(21)29-3)34-19-12-18(33-20(13-19)14-22(26)28-2)10-11-31-15-17-8-6-5-7-9-17/h5-9,18-21,23-25H,10-16H2,1-4H3/t18-,19+,20-,21-,23+,24-,25+/m1/s1. The van der Waals surface area contributed by atoms with E-state index in [9.17, 15) is 4.79 Å². The lowest BCUT2D eigenvalue weighted by Gasteiger charge is -2.43. The van der Waals surface area contributed by atoms with Crippen LogP contribution in [0.4, 0.5) is 0 Å². The van der Waals surface area contributed by atoms with Gasteiger partial charge < -0.3 is 37.9 Å². The van der Waals surface area contributed by atoms with Gasteiger partial charge in [0.05, 0.1) is 45.1 Å². The van der Waals surface area contributed by atoms with Crippen LogP contribution in [-0.4, -0.2) is 90.5 Å². The van der Waals surface area contributed by atoms with Crippen molar-refractivity contribution in [2.75, 3.05) is 41.7 Å². The lowest BCUT2D eigenvalue weighted by atomic mass is 9.97. The van der Waals surface area contributed by atoms with Crippen molar-refractivity contribution in [3.63, 3.8) is 0 Å². The highest BCUT2D eigenvalue weighted by Crippen LogP contribution is 2.31. The fourth-order valence-electron chi connectivity index (χ4n) is 4.53. The van der Waals surface area contributed by atoms with Crippen LogP contribution in [0.25, 0.3) is 0 Å². The lowest BCUT2D eigenvalue weighted by molar-refractivity contribution is -0.302. The topological polar surface area (TPSA) is 90.9 Å². The zero-order valence-electron chi connectivity index (χ0n) is 20.6. The first-order chi connectivity index (χ1) is 16.6. The zero-order chi connectivity index (χ0) is 24.3. The van der Waals surface area contributed by atoms with E-state index in [1.807, 2.05) is 30.3 Å². The van der Waals surface area contributed by atoms with Crippen LogP contribution in [-0.2, 0) is 49.3 Å². The normalized spacial score (nSPS) is 31.8. The Kier molecular flexibility index (Phi) is 11.2. The molecule has 2 aliphatic heterocycles. The largest absolute Gasteiger partial charge is 0.469 e. The summed E-state index contributed by atoms with van der Waals surface area (Å²) in [4.78, 5) is 11.9. The molecule has 9 nitrogen and oxygen atoms in total. The minimum absolute atomic E-state index is 0.112. The maximum atomic E-state index is 11.9. The van der Waals surface area contributed by atoms with Gasteiger partial charge in [0.25, 0.3) is 0 Å². The Hall–Kier alpha value is -1.59. The molecule has 2 fully saturated rings. The number of rotatable bonds is 12. The summed E-state index contributed by atoms with van der Waals surface area (Å²) in [5.41, 5.74) is 1.12. The van der Waals surface area contributed by atoms with Crippen molar-refractivity contribution in [3.8, 4) is 0 Å². The predicted octanol–water partition coefficient (Wildman–Crippen LogP) is 2.49. The van der Waals surface area contributed by atoms with E-state index in [0.717, 1.165) is 5.56 Å². The maximum absolute atomic E-state index is 11.9. The van der Waals surface area contributed by atoms with Gasteiger partial charge in [-0.3, -0.25) is 4.79 Å². The van der Waals surface area contributed by atoms with Crippen LogP contribution in [0.2, 0.25) is 0 Å². The predicted molar refractivity (Wildman–Crippen MR) is 122 cm³/mol. The van der Waals surface area contributed by atoms with Gasteiger partial charge in [-0.15, -0.1) is 0 Å². The van der Waals surface area contributed by atoms with Crippen molar-refractivity contribution in [3.05, 3.63) is 35.9 Å². The van der Waals surface area contributed by atoms with E-state index in [4.69, 9.17) is 37.9 Å². The van der Waals surface area contributed by atoms with E-state index in [1.165, 1.54) is 7.11 Å². The third kappa shape index (κ3) is 7.71. The minimum Gasteiger partial charge on any atom is -0.469 e. The van der Waals surface area contributed by atoms with Gasteiger partial charge in [-0.1, -0.05) is 30.3 Å². The lowest BCUT2D eigenvalue weighted by Crippen LogP contribution is -2.57. The Balaban J connectivity index is 1.57. The van der Waals surface area contributed by atoms with E-state index < -0.39 is 12.4 Å². The smallest absolute Gasteiger partial charge is 0.308 e. The molecule has 0 saturated carbocycles. The summed E-state index contributed by atoms with van der Waals surface area (Å²) in [6.07, 6.45) is -0.143. The molecule has 3 rings (SSSR count). The van der Waals surface area contributed by atoms with Gasteiger partial charge in [0.2, 0.25) is 0 Å². The average Bonchev–Trinajstić information content (AvgIpc) is 2.86. The van der Waals surface area contributed by atoms with Crippen LogP contribution in [0, 0.1) is 0 Å². The zero-order valence-corrected chi connectivity index (χ0v) is 20.6. The second-order valence-corrected chi connectivity index (χ2v) is 8.59.